The molecule has 2 fully saturated rings. The zero-order chi connectivity index (χ0) is 22.3. The number of para-hydroxylation sites is 2. The minimum absolute atomic E-state index is 0.0289. The average Bonchev–Trinajstić information content (AvgIpc) is 2.80. The lowest BCUT2D eigenvalue weighted by Gasteiger charge is -2.42. The number of likely N-dealkylation sites (tertiary alicyclic amines) is 1. The maximum Gasteiger partial charge on any atom is 0.221 e. The number of ether oxygens (including phenoxy) is 2. The largest absolute Gasteiger partial charge is 0.489 e. The minimum Gasteiger partial charge on any atom is -0.489 e. The van der Waals surface area contributed by atoms with Crippen LogP contribution in [-0.2, 0) is 16.1 Å². The highest BCUT2D eigenvalue weighted by Crippen LogP contribution is 2.25. The smallest absolute Gasteiger partial charge is 0.221 e. The van der Waals surface area contributed by atoms with E-state index < -0.39 is 0 Å². The SMILES string of the molecule is CC(=O)Nc1ccccc1OC[C@@H]1CN(C2CCN(Cc3ccc(Cl)cc3)CC2)CCO1. The molecule has 0 unspecified atom stereocenters. The van der Waals surface area contributed by atoms with Gasteiger partial charge in [-0.3, -0.25) is 14.6 Å². The predicted octanol–water partition coefficient (Wildman–Crippen LogP) is 4.04. The third-order valence-electron chi connectivity index (χ3n) is 6.19. The first kappa shape index (κ1) is 23.1. The van der Waals surface area contributed by atoms with Crippen molar-refractivity contribution in [1.29, 1.82) is 0 Å². The van der Waals surface area contributed by atoms with Gasteiger partial charge < -0.3 is 14.8 Å². The molecule has 2 aliphatic heterocycles. The van der Waals surface area contributed by atoms with Crippen molar-refractivity contribution in [2.24, 2.45) is 0 Å². The van der Waals surface area contributed by atoms with Crippen LogP contribution in [0.25, 0.3) is 0 Å². The van der Waals surface area contributed by atoms with Crippen LogP contribution in [0.2, 0.25) is 5.02 Å². The molecule has 2 aliphatic rings. The lowest BCUT2D eigenvalue weighted by atomic mass is 10.0. The van der Waals surface area contributed by atoms with Crippen molar-refractivity contribution in [3.8, 4) is 5.75 Å². The Kier molecular flexibility index (Phi) is 8.03. The molecule has 1 N–H and O–H groups in total. The van der Waals surface area contributed by atoms with Gasteiger partial charge in [0.2, 0.25) is 5.91 Å². The molecule has 2 saturated heterocycles. The number of anilines is 1. The summed E-state index contributed by atoms with van der Waals surface area (Å²) in [5.41, 5.74) is 2.01. The fourth-order valence-corrected chi connectivity index (χ4v) is 4.66. The van der Waals surface area contributed by atoms with Gasteiger partial charge >= 0.3 is 0 Å². The molecule has 32 heavy (non-hydrogen) atoms. The summed E-state index contributed by atoms with van der Waals surface area (Å²) in [5.74, 6) is 0.572. The van der Waals surface area contributed by atoms with Gasteiger partial charge in [-0.25, -0.2) is 0 Å². The summed E-state index contributed by atoms with van der Waals surface area (Å²) in [7, 11) is 0. The average molecular weight is 458 g/mol. The van der Waals surface area contributed by atoms with E-state index in [2.05, 4.69) is 27.2 Å². The molecule has 1 amide bonds. The van der Waals surface area contributed by atoms with Crippen LogP contribution >= 0.6 is 11.6 Å². The topological polar surface area (TPSA) is 54.0 Å². The maximum absolute atomic E-state index is 11.4. The number of rotatable bonds is 7. The van der Waals surface area contributed by atoms with Crippen LogP contribution in [0.15, 0.2) is 48.5 Å². The number of halogens is 1. The molecule has 7 heteroatoms. The normalized spacial score (nSPS) is 20.8. The number of carbonyl (C=O) groups is 1. The van der Waals surface area contributed by atoms with Gasteiger partial charge in [0.15, 0.2) is 0 Å². The van der Waals surface area contributed by atoms with Crippen LogP contribution in [0, 0.1) is 0 Å². The van der Waals surface area contributed by atoms with Gasteiger partial charge in [0.05, 0.1) is 12.3 Å². The molecule has 1 atom stereocenters. The first-order valence-corrected chi connectivity index (χ1v) is 11.8. The first-order chi connectivity index (χ1) is 15.6. The summed E-state index contributed by atoms with van der Waals surface area (Å²) in [4.78, 5) is 16.5. The summed E-state index contributed by atoms with van der Waals surface area (Å²) in [6, 6.07) is 16.3. The van der Waals surface area contributed by atoms with Gasteiger partial charge in [0, 0.05) is 37.6 Å². The number of nitrogens with one attached hydrogen (secondary N) is 1. The second-order valence-corrected chi connectivity index (χ2v) is 9.05. The fourth-order valence-electron chi connectivity index (χ4n) is 4.53. The van der Waals surface area contributed by atoms with E-state index in [1.807, 2.05) is 36.4 Å². The second kappa shape index (κ2) is 11.1. The van der Waals surface area contributed by atoms with Crippen molar-refractivity contribution < 1.29 is 14.3 Å². The second-order valence-electron chi connectivity index (χ2n) is 8.61. The van der Waals surface area contributed by atoms with Gasteiger partial charge in [-0.15, -0.1) is 0 Å². The van der Waals surface area contributed by atoms with Crippen LogP contribution < -0.4 is 10.1 Å². The minimum atomic E-state index is -0.108. The Bertz CT molecular complexity index is 884. The standard InChI is InChI=1S/C25H32ClN3O3/c1-19(30)27-24-4-2-3-5-25(24)32-18-23-17-29(14-15-31-23)22-10-12-28(13-11-22)16-20-6-8-21(26)9-7-20/h2-9,22-23H,10-18H2,1H3,(H,27,30)/t23-/m0/s1. The quantitative estimate of drug-likeness (QED) is 0.680. The Morgan fingerprint density at radius 3 is 2.62 bits per heavy atom. The van der Waals surface area contributed by atoms with Crippen molar-refractivity contribution in [2.45, 2.75) is 38.5 Å². The number of morpholine rings is 1. The van der Waals surface area contributed by atoms with Crippen LogP contribution in [0.1, 0.15) is 25.3 Å². The molecule has 2 heterocycles. The van der Waals surface area contributed by atoms with Crippen LogP contribution in [0.5, 0.6) is 5.75 Å². The van der Waals surface area contributed by atoms with Crippen LogP contribution in [-0.4, -0.2) is 67.2 Å². The number of hydrogen-bond acceptors (Lipinski definition) is 5. The molecular weight excluding hydrogens is 426 g/mol. The monoisotopic (exact) mass is 457 g/mol. The van der Waals surface area contributed by atoms with Gasteiger partial charge in [0.1, 0.15) is 18.5 Å². The van der Waals surface area contributed by atoms with Gasteiger partial charge in [-0.05, 0) is 55.8 Å². The molecule has 0 spiro atoms. The molecule has 0 aromatic heterocycles. The molecule has 0 saturated carbocycles. The van der Waals surface area contributed by atoms with Gasteiger partial charge in [0.25, 0.3) is 0 Å². The molecule has 172 valence electrons. The van der Waals surface area contributed by atoms with Crippen molar-refractivity contribution >= 4 is 23.2 Å². The van der Waals surface area contributed by atoms with Crippen molar-refractivity contribution in [2.75, 3.05) is 44.7 Å². The number of amides is 1. The number of carbonyl (C=O) groups excluding carboxylic acids is 1. The molecule has 6 nitrogen and oxygen atoms in total. The zero-order valence-electron chi connectivity index (χ0n) is 18.6. The molecule has 0 aliphatic carbocycles. The van der Waals surface area contributed by atoms with E-state index in [9.17, 15) is 4.79 Å². The van der Waals surface area contributed by atoms with E-state index in [4.69, 9.17) is 21.1 Å². The van der Waals surface area contributed by atoms with Crippen LogP contribution in [0.4, 0.5) is 5.69 Å². The summed E-state index contributed by atoms with van der Waals surface area (Å²) in [5, 5.41) is 3.61. The Labute approximate surface area is 195 Å². The van der Waals surface area contributed by atoms with E-state index >= 15 is 0 Å². The molecule has 2 aromatic rings. The van der Waals surface area contributed by atoms with Gasteiger partial charge in [-0.2, -0.15) is 0 Å². The number of nitrogens with zero attached hydrogens (tertiary/aromatic N) is 2. The highest BCUT2D eigenvalue weighted by Gasteiger charge is 2.29. The number of hydrogen-bond donors (Lipinski definition) is 1. The number of piperidine rings is 1. The molecular formula is C25H32ClN3O3. The van der Waals surface area contributed by atoms with E-state index in [-0.39, 0.29) is 12.0 Å². The highest BCUT2D eigenvalue weighted by molar-refractivity contribution is 6.30. The zero-order valence-corrected chi connectivity index (χ0v) is 19.4. The van der Waals surface area contributed by atoms with E-state index in [0.717, 1.165) is 44.4 Å². The first-order valence-electron chi connectivity index (χ1n) is 11.4. The summed E-state index contributed by atoms with van der Waals surface area (Å²) >= 11 is 6.00. The molecule has 4 rings (SSSR count). The van der Waals surface area contributed by atoms with Crippen LogP contribution in [0.3, 0.4) is 0 Å². The van der Waals surface area contributed by atoms with E-state index in [1.165, 1.54) is 25.3 Å². The Hall–Kier alpha value is -2.12. The van der Waals surface area contributed by atoms with Gasteiger partial charge in [-0.1, -0.05) is 35.9 Å². The Morgan fingerprint density at radius 2 is 1.88 bits per heavy atom. The molecule has 0 bridgehead atoms. The van der Waals surface area contributed by atoms with Crippen molar-refractivity contribution in [3.05, 3.63) is 59.1 Å². The summed E-state index contributed by atoms with van der Waals surface area (Å²) in [6.45, 7) is 7.75. The Morgan fingerprint density at radius 1 is 1.12 bits per heavy atom. The highest BCUT2D eigenvalue weighted by atomic mass is 35.5. The lowest BCUT2D eigenvalue weighted by Crippen LogP contribution is -2.52. The van der Waals surface area contributed by atoms with E-state index in [0.29, 0.717) is 24.1 Å². The predicted molar refractivity (Wildman–Crippen MR) is 127 cm³/mol. The third-order valence-corrected chi connectivity index (χ3v) is 6.44. The molecule has 2 aromatic carbocycles. The maximum atomic E-state index is 11.4. The van der Waals surface area contributed by atoms with Crippen molar-refractivity contribution in [3.63, 3.8) is 0 Å². The Balaban J connectivity index is 1.24. The number of benzene rings is 2. The van der Waals surface area contributed by atoms with E-state index in [1.54, 1.807) is 0 Å². The summed E-state index contributed by atoms with van der Waals surface area (Å²) < 4.78 is 12.0. The summed E-state index contributed by atoms with van der Waals surface area (Å²) in [6.07, 6.45) is 2.38. The lowest BCUT2D eigenvalue weighted by molar-refractivity contribution is -0.114. The third kappa shape index (κ3) is 6.45. The van der Waals surface area contributed by atoms with Crippen molar-refractivity contribution in [1.82, 2.24) is 9.80 Å². The fraction of sp³-hybridized carbons (Fsp3) is 0.480. The molecule has 0 radical (unpaired) electrons.